The maximum absolute atomic E-state index is 13.2. The first-order valence-corrected chi connectivity index (χ1v) is 11.6. The second-order valence-electron chi connectivity index (χ2n) is 6.85. The molecule has 0 aliphatic carbocycles. The van der Waals surface area contributed by atoms with Gasteiger partial charge in [0.15, 0.2) is 0 Å². The summed E-state index contributed by atoms with van der Waals surface area (Å²) in [7, 11) is -2.59. The molecule has 0 spiro atoms. The molecular weight excluding hydrogens is 411 g/mol. The van der Waals surface area contributed by atoms with E-state index in [0.717, 1.165) is 10.7 Å². The summed E-state index contributed by atoms with van der Waals surface area (Å²) in [6.45, 7) is 2.54. The van der Waals surface area contributed by atoms with Crippen LogP contribution < -0.4 is 4.90 Å². The van der Waals surface area contributed by atoms with Crippen molar-refractivity contribution >= 4 is 32.2 Å². The van der Waals surface area contributed by atoms with Crippen molar-refractivity contribution in [1.82, 2.24) is 13.7 Å². The van der Waals surface area contributed by atoms with Crippen LogP contribution in [0.5, 0.6) is 5.75 Å². The number of phenols is 1. The highest BCUT2D eigenvalue weighted by molar-refractivity contribution is 7.98. The molecule has 3 aromatic rings. The smallest absolute Gasteiger partial charge is 0.205 e. The summed E-state index contributed by atoms with van der Waals surface area (Å²) >= 11 is 1.34. The molecule has 9 heteroatoms. The number of piperazine rings is 1. The highest BCUT2D eigenvalue weighted by Gasteiger charge is 2.26. The monoisotopic (exact) mass is 432 g/mol. The van der Waals surface area contributed by atoms with Gasteiger partial charge in [0.1, 0.15) is 17.4 Å². The lowest BCUT2D eigenvalue weighted by atomic mass is 10.1. The first-order chi connectivity index (χ1) is 13.9. The van der Waals surface area contributed by atoms with Gasteiger partial charge in [-0.25, -0.2) is 17.9 Å². The Hall–Kier alpha value is -2.49. The summed E-state index contributed by atoms with van der Waals surface area (Å²) in [5.41, 5.74) is 0.964. The number of hydrogen-bond acceptors (Lipinski definition) is 6. The van der Waals surface area contributed by atoms with Crippen molar-refractivity contribution in [2.75, 3.05) is 31.1 Å². The lowest BCUT2D eigenvalue weighted by Crippen LogP contribution is -2.48. The number of halogens is 1. The van der Waals surface area contributed by atoms with Gasteiger partial charge in [-0.05, 0) is 47.8 Å². The first kappa shape index (κ1) is 19.8. The summed E-state index contributed by atoms with van der Waals surface area (Å²) in [5, 5.41) is 10.3. The molecule has 2 heterocycles. The minimum absolute atomic E-state index is 0.140. The molecule has 0 bridgehead atoms. The van der Waals surface area contributed by atoms with E-state index in [9.17, 15) is 13.7 Å². The summed E-state index contributed by atoms with van der Waals surface area (Å²) in [4.78, 5) is 7.36. The van der Waals surface area contributed by atoms with Crippen LogP contribution in [-0.2, 0) is 16.1 Å². The zero-order chi connectivity index (χ0) is 20.4. The maximum Gasteiger partial charge on any atom is 0.205 e. The van der Waals surface area contributed by atoms with Gasteiger partial charge >= 0.3 is 0 Å². The standard InChI is InChI=1S/C20H21FN4O2S2/c1-29(27,18-8-6-17(26)7-9-18)25-12-10-24(11-13-25)20-22-19(23-28-20)14-15-2-4-16(21)5-3-15/h2-9,26H,1,10-14H2. The highest BCUT2D eigenvalue weighted by Crippen LogP contribution is 2.24. The van der Waals surface area contributed by atoms with Gasteiger partial charge in [0.25, 0.3) is 0 Å². The molecule has 1 unspecified atom stereocenters. The predicted octanol–water partition coefficient (Wildman–Crippen LogP) is 2.79. The average Bonchev–Trinajstić information content (AvgIpc) is 3.19. The number of hydrogen-bond donors (Lipinski definition) is 1. The van der Waals surface area contributed by atoms with Crippen LogP contribution in [0.1, 0.15) is 11.4 Å². The van der Waals surface area contributed by atoms with E-state index < -0.39 is 9.71 Å². The van der Waals surface area contributed by atoms with E-state index in [-0.39, 0.29) is 11.6 Å². The normalized spacial score (nSPS) is 17.2. The lowest BCUT2D eigenvalue weighted by Gasteiger charge is -2.35. The fourth-order valence-electron chi connectivity index (χ4n) is 3.21. The molecule has 152 valence electrons. The molecule has 6 nitrogen and oxygen atoms in total. The second-order valence-corrected chi connectivity index (χ2v) is 9.85. The molecule has 1 atom stereocenters. The molecule has 1 saturated heterocycles. The number of nitrogens with zero attached hydrogens (tertiary/aromatic N) is 4. The minimum Gasteiger partial charge on any atom is -0.508 e. The van der Waals surface area contributed by atoms with Gasteiger partial charge in [0.05, 0.1) is 9.71 Å². The summed E-state index contributed by atoms with van der Waals surface area (Å²) in [6, 6.07) is 12.7. The van der Waals surface area contributed by atoms with Crippen LogP contribution in [0, 0.1) is 5.82 Å². The van der Waals surface area contributed by atoms with Gasteiger partial charge in [-0.1, -0.05) is 12.1 Å². The lowest BCUT2D eigenvalue weighted by molar-refractivity contribution is 0.408. The topological polar surface area (TPSA) is 69.6 Å². The summed E-state index contributed by atoms with van der Waals surface area (Å²) in [6.07, 6.45) is 0.560. The Labute approximate surface area is 173 Å². The SMILES string of the molecule is C=S(=O)(c1ccc(O)cc1)N1CCN(c2nc(Cc3ccc(F)cc3)ns2)CC1. The molecule has 1 aromatic heterocycles. The van der Waals surface area contributed by atoms with Crippen molar-refractivity contribution < 1.29 is 13.7 Å². The van der Waals surface area contributed by atoms with Gasteiger partial charge in [-0.15, -0.1) is 0 Å². The van der Waals surface area contributed by atoms with Gasteiger partial charge in [0, 0.05) is 49.0 Å². The Morgan fingerprint density at radius 2 is 1.72 bits per heavy atom. The van der Waals surface area contributed by atoms with Crippen molar-refractivity contribution in [3.63, 3.8) is 0 Å². The van der Waals surface area contributed by atoms with E-state index in [1.165, 1.54) is 35.8 Å². The van der Waals surface area contributed by atoms with Gasteiger partial charge in [0.2, 0.25) is 5.13 Å². The van der Waals surface area contributed by atoms with Crippen LogP contribution >= 0.6 is 11.5 Å². The van der Waals surface area contributed by atoms with Crippen molar-refractivity contribution in [3.8, 4) is 5.75 Å². The van der Waals surface area contributed by atoms with E-state index >= 15 is 0 Å². The molecular formula is C20H21FN4O2S2. The molecule has 1 aliphatic rings. The first-order valence-electron chi connectivity index (χ1n) is 9.15. The third-order valence-corrected chi connectivity index (χ3v) is 7.89. The third kappa shape index (κ3) is 4.42. The van der Waals surface area contributed by atoms with Crippen LogP contribution in [0.25, 0.3) is 0 Å². The van der Waals surface area contributed by atoms with Crippen LogP contribution in [-0.4, -0.2) is 55.0 Å². The zero-order valence-corrected chi connectivity index (χ0v) is 17.3. The molecule has 0 saturated carbocycles. The van der Waals surface area contributed by atoms with Crippen LogP contribution in [0.4, 0.5) is 9.52 Å². The van der Waals surface area contributed by atoms with E-state index in [4.69, 9.17) is 0 Å². The van der Waals surface area contributed by atoms with E-state index in [0.29, 0.717) is 43.3 Å². The van der Waals surface area contributed by atoms with Crippen molar-refractivity contribution in [2.45, 2.75) is 11.3 Å². The summed E-state index contributed by atoms with van der Waals surface area (Å²) < 4.78 is 32.5. The Morgan fingerprint density at radius 1 is 1.07 bits per heavy atom. The number of phenolic OH excluding ortho intramolecular Hbond substituents is 1. The van der Waals surface area contributed by atoms with E-state index in [1.54, 1.807) is 24.3 Å². The molecule has 4 rings (SSSR count). The Balaban J connectivity index is 1.39. The number of anilines is 1. The number of aromatic nitrogens is 2. The van der Waals surface area contributed by atoms with Crippen molar-refractivity contribution in [2.24, 2.45) is 0 Å². The molecule has 1 aliphatic heterocycles. The van der Waals surface area contributed by atoms with Crippen molar-refractivity contribution in [3.05, 3.63) is 65.7 Å². The van der Waals surface area contributed by atoms with Gasteiger partial charge in [-0.2, -0.15) is 4.37 Å². The van der Waals surface area contributed by atoms with Crippen LogP contribution in [0.2, 0.25) is 0 Å². The fourth-order valence-corrected chi connectivity index (χ4v) is 5.56. The molecule has 2 aromatic carbocycles. The fraction of sp³-hybridized carbons (Fsp3) is 0.250. The quantitative estimate of drug-likeness (QED) is 0.628. The largest absolute Gasteiger partial charge is 0.508 e. The second kappa shape index (κ2) is 8.10. The Bertz CT molecular complexity index is 1070. The van der Waals surface area contributed by atoms with Crippen LogP contribution in [0.3, 0.4) is 0 Å². The van der Waals surface area contributed by atoms with Gasteiger partial charge in [-0.3, -0.25) is 0 Å². The Kier molecular flexibility index (Phi) is 5.53. The summed E-state index contributed by atoms with van der Waals surface area (Å²) in [5.74, 6) is 4.55. The molecule has 1 N–H and O–H groups in total. The minimum atomic E-state index is -2.59. The number of aromatic hydroxyl groups is 1. The van der Waals surface area contributed by atoms with Crippen molar-refractivity contribution in [1.29, 1.82) is 0 Å². The van der Waals surface area contributed by atoms with E-state index in [2.05, 4.69) is 20.1 Å². The third-order valence-electron chi connectivity index (χ3n) is 4.86. The molecule has 0 amide bonds. The average molecular weight is 433 g/mol. The van der Waals surface area contributed by atoms with Crippen LogP contribution in [0.15, 0.2) is 53.4 Å². The molecule has 1 fully saturated rings. The molecule has 0 radical (unpaired) electrons. The molecule has 29 heavy (non-hydrogen) atoms. The van der Waals surface area contributed by atoms with E-state index in [1.807, 2.05) is 4.31 Å². The Morgan fingerprint density at radius 3 is 2.38 bits per heavy atom. The van der Waals surface area contributed by atoms with Gasteiger partial charge < -0.3 is 10.0 Å². The number of benzene rings is 2. The maximum atomic E-state index is 13.2. The highest BCUT2D eigenvalue weighted by atomic mass is 32.2. The zero-order valence-electron chi connectivity index (χ0n) is 15.7. The predicted molar refractivity (Wildman–Crippen MR) is 115 cm³/mol. The number of rotatable bonds is 5.